The predicted molar refractivity (Wildman–Crippen MR) is 104 cm³/mol. The van der Waals surface area contributed by atoms with Gasteiger partial charge in [-0.1, -0.05) is 19.8 Å². The van der Waals surface area contributed by atoms with Crippen molar-refractivity contribution in [3.63, 3.8) is 0 Å². The monoisotopic (exact) mass is 406 g/mol. The Morgan fingerprint density at radius 2 is 2.04 bits per heavy atom. The molecule has 0 bridgehead atoms. The maximum Gasteiger partial charge on any atom is 0.271 e. The largest absolute Gasteiger partial charge is 0.339 e. The van der Waals surface area contributed by atoms with Crippen molar-refractivity contribution >= 4 is 15.7 Å². The molecule has 2 aromatic rings. The summed E-state index contributed by atoms with van der Waals surface area (Å²) in [7, 11) is -1.27. The third-order valence-corrected chi connectivity index (χ3v) is 7.21. The molecule has 2 aromatic heterocycles. The van der Waals surface area contributed by atoms with Crippen molar-refractivity contribution in [3.05, 3.63) is 17.6 Å². The minimum absolute atomic E-state index is 0.0670. The van der Waals surface area contributed by atoms with Gasteiger partial charge in [-0.3, -0.25) is 9.48 Å². The topological polar surface area (TPSA) is 103 Å². The van der Waals surface area contributed by atoms with E-state index < -0.39 is 9.84 Å². The standard InChI is InChI=1S/C18H26N6O3S/c1-3-4-5-6-16-19-17(24(21-16)13-7-10-28(26,27)12-13)14-11-15-18(25)22(2)8-9-23(15)20-14/h11,13H,3-10,12H2,1-2H3. The number of hydrogen-bond acceptors (Lipinski definition) is 6. The Bertz CT molecular complexity index is 993. The fourth-order valence-electron chi connectivity index (χ4n) is 3.81. The van der Waals surface area contributed by atoms with Gasteiger partial charge in [-0.25, -0.2) is 18.1 Å². The summed E-state index contributed by atoms with van der Waals surface area (Å²) in [6.07, 6.45) is 4.48. The van der Waals surface area contributed by atoms with Crippen LogP contribution in [0.25, 0.3) is 11.5 Å². The van der Waals surface area contributed by atoms with Gasteiger partial charge in [0, 0.05) is 26.1 Å². The average Bonchev–Trinajstić information content (AvgIpc) is 3.34. The van der Waals surface area contributed by atoms with E-state index in [2.05, 4.69) is 22.1 Å². The van der Waals surface area contributed by atoms with Crippen LogP contribution in [0.5, 0.6) is 0 Å². The zero-order valence-electron chi connectivity index (χ0n) is 16.3. The van der Waals surface area contributed by atoms with Gasteiger partial charge in [0.05, 0.1) is 24.1 Å². The van der Waals surface area contributed by atoms with Crippen LogP contribution in [0.15, 0.2) is 6.07 Å². The zero-order chi connectivity index (χ0) is 19.9. The van der Waals surface area contributed by atoms with Crippen LogP contribution in [0, 0.1) is 0 Å². The number of aryl methyl sites for hydroxylation is 1. The fraction of sp³-hybridized carbons (Fsp3) is 0.667. The molecule has 2 aliphatic heterocycles. The number of hydrogen-bond donors (Lipinski definition) is 0. The Morgan fingerprint density at radius 1 is 1.21 bits per heavy atom. The maximum atomic E-state index is 12.4. The highest BCUT2D eigenvalue weighted by Crippen LogP contribution is 2.29. The van der Waals surface area contributed by atoms with Crippen LogP contribution in [0.1, 0.15) is 55.0 Å². The summed E-state index contributed by atoms with van der Waals surface area (Å²) in [6, 6.07) is 1.52. The molecule has 4 heterocycles. The van der Waals surface area contributed by atoms with Crippen molar-refractivity contribution in [2.45, 2.75) is 51.6 Å². The molecule has 0 aliphatic carbocycles. The Balaban J connectivity index is 1.71. The van der Waals surface area contributed by atoms with Gasteiger partial charge >= 0.3 is 0 Å². The minimum Gasteiger partial charge on any atom is -0.339 e. The quantitative estimate of drug-likeness (QED) is 0.670. The first-order valence-corrected chi connectivity index (χ1v) is 11.7. The summed E-state index contributed by atoms with van der Waals surface area (Å²) >= 11 is 0. The Hall–Kier alpha value is -2.23. The molecular weight excluding hydrogens is 380 g/mol. The molecule has 28 heavy (non-hydrogen) atoms. The van der Waals surface area contributed by atoms with Crippen molar-refractivity contribution in [2.75, 3.05) is 25.1 Å². The molecule has 0 aromatic carbocycles. The number of likely N-dealkylation sites (N-methyl/N-ethyl adjacent to an activating group) is 1. The predicted octanol–water partition coefficient (Wildman–Crippen LogP) is 1.32. The van der Waals surface area contributed by atoms with E-state index >= 15 is 0 Å². The number of carbonyl (C=O) groups excluding carboxylic acids is 1. The lowest BCUT2D eigenvalue weighted by molar-refractivity contribution is 0.0743. The summed E-state index contributed by atoms with van der Waals surface area (Å²) in [5, 5.41) is 9.22. The number of rotatable bonds is 6. The molecule has 0 saturated carbocycles. The van der Waals surface area contributed by atoms with E-state index in [9.17, 15) is 13.2 Å². The van der Waals surface area contributed by atoms with E-state index in [1.165, 1.54) is 0 Å². The van der Waals surface area contributed by atoms with Gasteiger partial charge < -0.3 is 4.90 Å². The molecule has 4 rings (SSSR count). The molecule has 0 N–H and O–H groups in total. The lowest BCUT2D eigenvalue weighted by Gasteiger charge is -2.22. The number of fused-ring (bicyclic) bond motifs is 1. The number of amides is 1. The molecule has 10 heteroatoms. The molecule has 1 amide bonds. The van der Waals surface area contributed by atoms with E-state index in [1.54, 1.807) is 27.4 Å². The molecule has 1 saturated heterocycles. The van der Waals surface area contributed by atoms with Crippen molar-refractivity contribution in [2.24, 2.45) is 0 Å². The Morgan fingerprint density at radius 3 is 2.75 bits per heavy atom. The van der Waals surface area contributed by atoms with Gasteiger partial charge in [0.2, 0.25) is 0 Å². The van der Waals surface area contributed by atoms with E-state index in [-0.39, 0.29) is 23.5 Å². The van der Waals surface area contributed by atoms with Gasteiger partial charge in [-0.05, 0) is 12.8 Å². The van der Waals surface area contributed by atoms with Crippen molar-refractivity contribution < 1.29 is 13.2 Å². The highest BCUT2D eigenvalue weighted by molar-refractivity contribution is 7.91. The summed E-state index contributed by atoms with van der Waals surface area (Å²) in [5.74, 6) is 1.45. The highest BCUT2D eigenvalue weighted by atomic mass is 32.2. The lowest BCUT2D eigenvalue weighted by atomic mass is 10.2. The zero-order valence-corrected chi connectivity index (χ0v) is 17.2. The third-order valence-electron chi connectivity index (χ3n) is 5.46. The second-order valence-corrected chi connectivity index (χ2v) is 9.90. The second-order valence-electron chi connectivity index (χ2n) is 7.67. The van der Waals surface area contributed by atoms with E-state index in [0.29, 0.717) is 42.5 Å². The van der Waals surface area contributed by atoms with Gasteiger partial charge in [-0.2, -0.15) is 10.2 Å². The van der Waals surface area contributed by atoms with Gasteiger partial charge in [0.1, 0.15) is 11.4 Å². The Kier molecular flexibility index (Phi) is 4.98. The summed E-state index contributed by atoms with van der Waals surface area (Å²) in [4.78, 5) is 18.8. The van der Waals surface area contributed by atoms with Gasteiger partial charge in [0.25, 0.3) is 5.91 Å². The van der Waals surface area contributed by atoms with Crippen LogP contribution in [0.2, 0.25) is 0 Å². The Labute approximate surface area is 164 Å². The first-order chi connectivity index (χ1) is 13.4. The van der Waals surface area contributed by atoms with Crippen LogP contribution >= 0.6 is 0 Å². The number of nitrogens with zero attached hydrogens (tertiary/aromatic N) is 6. The number of unbranched alkanes of at least 4 members (excludes halogenated alkanes) is 2. The van der Waals surface area contributed by atoms with Gasteiger partial charge in [0.15, 0.2) is 21.5 Å². The van der Waals surface area contributed by atoms with Crippen molar-refractivity contribution in [1.82, 2.24) is 29.4 Å². The number of sulfone groups is 1. The molecule has 0 spiro atoms. The molecule has 9 nitrogen and oxygen atoms in total. The average molecular weight is 407 g/mol. The lowest BCUT2D eigenvalue weighted by Crippen LogP contribution is -2.37. The maximum absolute atomic E-state index is 12.4. The summed E-state index contributed by atoms with van der Waals surface area (Å²) < 4.78 is 27.4. The molecule has 2 aliphatic rings. The van der Waals surface area contributed by atoms with Crippen LogP contribution in [-0.4, -0.2) is 68.9 Å². The molecule has 152 valence electrons. The first-order valence-electron chi connectivity index (χ1n) is 9.87. The van der Waals surface area contributed by atoms with Crippen LogP contribution in [0.3, 0.4) is 0 Å². The van der Waals surface area contributed by atoms with Crippen LogP contribution in [0.4, 0.5) is 0 Å². The van der Waals surface area contributed by atoms with E-state index in [1.807, 2.05) is 0 Å². The smallest absolute Gasteiger partial charge is 0.271 e. The SMILES string of the molecule is CCCCCc1nc(-c2cc3n(n2)CCN(C)C3=O)n(C2CCS(=O)(=O)C2)n1. The summed E-state index contributed by atoms with van der Waals surface area (Å²) in [5.41, 5.74) is 1.11. The normalized spacial score (nSPS) is 21.3. The van der Waals surface area contributed by atoms with Crippen molar-refractivity contribution in [3.8, 4) is 11.5 Å². The van der Waals surface area contributed by atoms with E-state index in [4.69, 9.17) is 0 Å². The van der Waals surface area contributed by atoms with Gasteiger partial charge in [-0.15, -0.1) is 0 Å². The summed E-state index contributed by atoms with van der Waals surface area (Å²) in [6.45, 7) is 3.39. The van der Waals surface area contributed by atoms with Crippen molar-refractivity contribution in [1.29, 1.82) is 0 Å². The minimum atomic E-state index is -3.05. The third kappa shape index (κ3) is 3.57. The highest BCUT2D eigenvalue weighted by Gasteiger charge is 2.33. The number of aromatic nitrogens is 5. The van der Waals surface area contributed by atoms with Crippen LogP contribution in [-0.2, 0) is 22.8 Å². The van der Waals surface area contributed by atoms with E-state index in [0.717, 1.165) is 25.7 Å². The molecule has 1 fully saturated rings. The molecule has 0 radical (unpaired) electrons. The molecule has 1 unspecified atom stereocenters. The van der Waals surface area contributed by atoms with Crippen LogP contribution < -0.4 is 0 Å². The second kappa shape index (κ2) is 7.31. The number of carbonyl (C=O) groups is 1. The molecule has 1 atom stereocenters. The molecular formula is C18H26N6O3S. The fourth-order valence-corrected chi connectivity index (χ4v) is 5.51. The first kappa shape index (κ1) is 19.1.